The second-order valence-electron chi connectivity index (χ2n) is 8.16. The molecule has 3 rings (SSSR count). The highest BCUT2D eigenvalue weighted by Crippen LogP contribution is 2.25. The Morgan fingerprint density at radius 1 is 0.933 bits per heavy atom. The molecule has 2 aromatic carbocycles. The van der Waals surface area contributed by atoms with Crippen LogP contribution in [0.15, 0.2) is 42.5 Å². The molecule has 30 heavy (non-hydrogen) atoms. The van der Waals surface area contributed by atoms with E-state index in [-0.39, 0.29) is 12.5 Å². The maximum Gasteiger partial charge on any atom is 0.412 e. The quantitative estimate of drug-likeness (QED) is 0.400. The van der Waals surface area contributed by atoms with Crippen LogP contribution in [0.25, 0.3) is 21.8 Å². The molecule has 1 heterocycles. The number of amides is 2. The maximum atomic E-state index is 12.0. The average Bonchev–Trinajstić information content (AvgIpc) is 2.65. The molecule has 158 valence electrons. The van der Waals surface area contributed by atoms with Gasteiger partial charge in [-0.3, -0.25) is 10.1 Å². The number of nitrogens with one attached hydrogen (secondary N) is 2. The van der Waals surface area contributed by atoms with Gasteiger partial charge in [0.05, 0.1) is 11.0 Å². The molecule has 3 aromatic rings. The molecule has 0 saturated carbocycles. The Bertz CT molecular complexity index is 1070. The Hall–Kier alpha value is -3.19. The fraction of sp³-hybridized carbons (Fsp3) is 0.348. The van der Waals surface area contributed by atoms with Gasteiger partial charge in [-0.25, -0.2) is 9.78 Å². The van der Waals surface area contributed by atoms with Crippen molar-refractivity contribution in [1.82, 2.24) is 4.98 Å². The third-order valence-corrected chi connectivity index (χ3v) is 4.35. The van der Waals surface area contributed by atoms with Crippen molar-refractivity contribution in [1.29, 1.82) is 0 Å². The van der Waals surface area contributed by atoms with Gasteiger partial charge in [0.15, 0.2) is 0 Å². The highest BCUT2D eigenvalue weighted by molar-refractivity contribution is 5.98. The van der Waals surface area contributed by atoms with E-state index in [1.165, 1.54) is 0 Å². The molecular weight excluding hydrogens is 382 g/mol. The number of unbranched alkanes of at least 4 members (excludes halogenated alkanes) is 1. The molecule has 0 fully saturated rings. The van der Waals surface area contributed by atoms with Crippen molar-refractivity contribution in [3.05, 3.63) is 42.5 Å². The zero-order chi connectivity index (χ0) is 21.7. The molecule has 0 aliphatic heterocycles. The summed E-state index contributed by atoms with van der Waals surface area (Å²) in [5.41, 5.74) is 2.16. The Balaban J connectivity index is 1.80. The van der Waals surface area contributed by atoms with Crippen LogP contribution < -0.4 is 10.6 Å². The van der Waals surface area contributed by atoms with Crippen LogP contribution in [0.4, 0.5) is 16.2 Å². The van der Waals surface area contributed by atoms with E-state index in [2.05, 4.69) is 15.6 Å². The number of aliphatic hydroxyl groups excluding tert-OH is 1. The molecule has 3 N–H and O–H groups in total. The maximum absolute atomic E-state index is 12.0. The molecule has 7 heteroatoms. The molecule has 0 unspecified atom stereocenters. The van der Waals surface area contributed by atoms with Gasteiger partial charge in [0.2, 0.25) is 5.91 Å². The van der Waals surface area contributed by atoms with E-state index in [0.29, 0.717) is 30.6 Å². The van der Waals surface area contributed by atoms with Crippen LogP contribution in [0.2, 0.25) is 0 Å². The van der Waals surface area contributed by atoms with Crippen molar-refractivity contribution in [2.45, 2.75) is 45.6 Å². The Morgan fingerprint density at radius 2 is 1.53 bits per heavy atom. The number of fused-ring (bicyclic) bond motifs is 2. The van der Waals surface area contributed by atoms with Gasteiger partial charge in [-0.05, 0) is 63.9 Å². The molecule has 0 saturated heterocycles. The molecular formula is C23H27N3O4. The van der Waals surface area contributed by atoms with Crippen molar-refractivity contribution in [2.75, 3.05) is 17.2 Å². The Kier molecular flexibility index (Phi) is 6.52. The summed E-state index contributed by atoms with van der Waals surface area (Å²) in [5, 5.41) is 16.3. The van der Waals surface area contributed by atoms with E-state index >= 15 is 0 Å². The van der Waals surface area contributed by atoms with Crippen molar-refractivity contribution >= 4 is 45.2 Å². The first kappa shape index (κ1) is 21.5. The van der Waals surface area contributed by atoms with E-state index in [1.807, 2.05) is 51.1 Å². The van der Waals surface area contributed by atoms with Crippen LogP contribution in [-0.2, 0) is 9.53 Å². The van der Waals surface area contributed by atoms with E-state index in [9.17, 15) is 9.59 Å². The lowest BCUT2D eigenvalue weighted by molar-refractivity contribution is -0.116. The summed E-state index contributed by atoms with van der Waals surface area (Å²) >= 11 is 0. The summed E-state index contributed by atoms with van der Waals surface area (Å²) < 4.78 is 5.29. The second-order valence-corrected chi connectivity index (χ2v) is 8.16. The third kappa shape index (κ3) is 5.90. The molecule has 0 aliphatic carbocycles. The fourth-order valence-electron chi connectivity index (χ4n) is 3.02. The van der Waals surface area contributed by atoms with Gasteiger partial charge in [-0.2, -0.15) is 0 Å². The lowest BCUT2D eigenvalue weighted by atomic mass is 10.1. The first-order valence-electron chi connectivity index (χ1n) is 9.99. The van der Waals surface area contributed by atoms with Crippen LogP contribution in [0.3, 0.4) is 0 Å². The number of benzene rings is 2. The number of anilines is 2. The summed E-state index contributed by atoms with van der Waals surface area (Å²) in [6.07, 6.45) is 1.10. The number of nitrogens with zero attached hydrogens (tertiary/aromatic N) is 1. The van der Waals surface area contributed by atoms with Crippen LogP contribution in [0.1, 0.15) is 40.0 Å². The molecule has 0 bridgehead atoms. The van der Waals surface area contributed by atoms with E-state index in [4.69, 9.17) is 9.84 Å². The van der Waals surface area contributed by atoms with Gasteiger partial charge < -0.3 is 15.2 Å². The molecule has 7 nitrogen and oxygen atoms in total. The zero-order valence-corrected chi connectivity index (χ0v) is 17.5. The van der Waals surface area contributed by atoms with E-state index in [0.717, 1.165) is 21.8 Å². The predicted octanol–water partition coefficient (Wildman–Crippen LogP) is 4.84. The van der Waals surface area contributed by atoms with Gasteiger partial charge in [0.1, 0.15) is 5.60 Å². The highest BCUT2D eigenvalue weighted by Gasteiger charge is 2.16. The SMILES string of the molecule is CC(C)(C)OC(=O)Nc1ccc2cc3ccc(NC(=O)CCCCO)cc3nc2c1. The van der Waals surface area contributed by atoms with E-state index < -0.39 is 11.7 Å². The minimum Gasteiger partial charge on any atom is -0.444 e. The molecule has 0 atom stereocenters. The third-order valence-electron chi connectivity index (χ3n) is 4.35. The Morgan fingerprint density at radius 3 is 2.10 bits per heavy atom. The van der Waals surface area contributed by atoms with Crippen LogP contribution >= 0.6 is 0 Å². The molecule has 0 spiro atoms. The smallest absolute Gasteiger partial charge is 0.412 e. The number of hydrogen-bond donors (Lipinski definition) is 3. The summed E-state index contributed by atoms with van der Waals surface area (Å²) in [7, 11) is 0. The van der Waals surface area contributed by atoms with Crippen LogP contribution in [0.5, 0.6) is 0 Å². The minimum absolute atomic E-state index is 0.0883. The number of aliphatic hydroxyl groups is 1. The average molecular weight is 409 g/mol. The van der Waals surface area contributed by atoms with Gasteiger partial charge in [-0.1, -0.05) is 12.1 Å². The lowest BCUT2D eigenvalue weighted by Gasteiger charge is -2.19. The number of carbonyl (C=O) groups excluding carboxylic acids is 2. The van der Waals surface area contributed by atoms with Crippen molar-refractivity contribution in [2.24, 2.45) is 0 Å². The number of hydrogen-bond acceptors (Lipinski definition) is 5. The monoisotopic (exact) mass is 409 g/mol. The molecule has 1 aromatic heterocycles. The van der Waals surface area contributed by atoms with Crippen molar-refractivity contribution in [3.63, 3.8) is 0 Å². The van der Waals surface area contributed by atoms with Crippen molar-refractivity contribution in [3.8, 4) is 0 Å². The number of carbonyl (C=O) groups is 2. The number of rotatable bonds is 6. The van der Waals surface area contributed by atoms with Gasteiger partial charge in [-0.15, -0.1) is 0 Å². The predicted molar refractivity (Wildman–Crippen MR) is 119 cm³/mol. The largest absolute Gasteiger partial charge is 0.444 e. The van der Waals surface area contributed by atoms with E-state index in [1.54, 1.807) is 12.1 Å². The first-order valence-corrected chi connectivity index (χ1v) is 9.99. The summed E-state index contributed by atoms with van der Waals surface area (Å²) in [5.74, 6) is -0.0903. The minimum atomic E-state index is -0.575. The van der Waals surface area contributed by atoms with Gasteiger partial charge >= 0.3 is 6.09 Å². The van der Waals surface area contributed by atoms with Gasteiger partial charge in [0.25, 0.3) is 0 Å². The van der Waals surface area contributed by atoms with Crippen LogP contribution in [0, 0.1) is 0 Å². The molecule has 0 radical (unpaired) electrons. The number of pyridine rings is 1. The molecule has 2 amide bonds. The van der Waals surface area contributed by atoms with Crippen LogP contribution in [-0.4, -0.2) is 34.3 Å². The summed E-state index contributed by atoms with van der Waals surface area (Å²) in [6.45, 7) is 5.52. The number of ether oxygens (including phenoxy) is 1. The zero-order valence-electron chi connectivity index (χ0n) is 17.5. The standard InChI is InChI=1S/C23H27N3O4/c1-23(2,3)30-22(29)25-18-10-8-16-12-15-7-9-17(13-19(15)26-20(16)14-18)24-21(28)6-4-5-11-27/h7-10,12-14,27H,4-6,11H2,1-3H3,(H,24,28)(H,25,29). The summed E-state index contributed by atoms with van der Waals surface area (Å²) in [4.78, 5) is 28.7. The Labute approximate surface area is 175 Å². The summed E-state index contributed by atoms with van der Waals surface area (Å²) in [6, 6.07) is 13.1. The van der Waals surface area contributed by atoms with Crippen molar-refractivity contribution < 1.29 is 19.4 Å². The molecule has 0 aliphatic rings. The lowest BCUT2D eigenvalue weighted by Crippen LogP contribution is -2.27. The number of aromatic nitrogens is 1. The first-order chi connectivity index (χ1) is 14.2. The highest BCUT2D eigenvalue weighted by atomic mass is 16.6. The second kappa shape index (κ2) is 9.09. The normalized spacial score (nSPS) is 11.5. The fourth-order valence-corrected chi connectivity index (χ4v) is 3.02. The van der Waals surface area contributed by atoms with Gasteiger partial charge in [0, 0.05) is 35.2 Å². The topological polar surface area (TPSA) is 101 Å².